The Morgan fingerprint density at radius 2 is 2.00 bits per heavy atom. The lowest BCUT2D eigenvalue weighted by Gasteiger charge is -2.23. The Morgan fingerprint density at radius 1 is 1.30 bits per heavy atom. The molecule has 0 amide bonds. The van der Waals surface area contributed by atoms with Crippen molar-refractivity contribution in [2.24, 2.45) is 0 Å². The van der Waals surface area contributed by atoms with Crippen molar-refractivity contribution >= 4 is 33.5 Å². The molecule has 0 aliphatic carbocycles. The molecule has 2 aromatic rings. The summed E-state index contributed by atoms with van der Waals surface area (Å²) < 4.78 is 0.938. The van der Waals surface area contributed by atoms with Gasteiger partial charge in [-0.05, 0) is 59.5 Å². The molecule has 2 rings (SSSR count). The van der Waals surface area contributed by atoms with Gasteiger partial charge in [-0.15, -0.1) is 0 Å². The molecule has 1 aromatic carbocycles. The highest BCUT2D eigenvalue weighted by Crippen LogP contribution is 2.33. The average molecular weight is 378 g/mol. The summed E-state index contributed by atoms with van der Waals surface area (Å²) in [7, 11) is 0. The minimum atomic E-state index is -1.05. The molecule has 0 unspecified atom stereocenters. The van der Waals surface area contributed by atoms with Crippen LogP contribution < -0.4 is 4.90 Å². The van der Waals surface area contributed by atoms with Crippen molar-refractivity contribution in [3.63, 3.8) is 0 Å². The van der Waals surface area contributed by atoms with Crippen molar-refractivity contribution in [3.05, 3.63) is 45.7 Å². The second-order valence-electron chi connectivity index (χ2n) is 5.61. The van der Waals surface area contributed by atoms with E-state index in [4.69, 9.17) is 0 Å². The second kappa shape index (κ2) is 7.08. The quantitative estimate of drug-likeness (QED) is 0.828. The Bertz CT molecular complexity index is 732. The Morgan fingerprint density at radius 3 is 2.52 bits per heavy atom. The van der Waals surface area contributed by atoms with E-state index >= 15 is 0 Å². The largest absolute Gasteiger partial charge is 0.477 e. The number of hydrogen-bond donors (Lipinski definition) is 1. The smallest absolute Gasteiger partial charge is 0.354 e. The summed E-state index contributed by atoms with van der Waals surface area (Å²) >= 11 is 3.61. The molecule has 1 heterocycles. The normalized spacial score (nSPS) is 10.9. The second-order valence-corrected chi connectivity index (χ2v) is 6.46. The zero-order chi connectivity index (χ0) is 17.1. The SMILES string of the molecule is CCN(c1nc(C)cc(C(=O)O)n1)c1ccc(C(C)C)cc1Br. The van der Waals surface area contributed by atoms with E-state index in [0.29, 0.717) is 24.1 Å². The lowest BCUT2D eigenvalue weighted by molar-refractivity contribution is 0.0690. The molecule has 0 spiro atoms. The molecule has 122 valence electrons. The fraction of sp³-hybridized carbons (Fsp3) is 0.353. The molecule has 0 aliphatic rings. The van der Waals surface area contributed by atoms with E-state index < -0.39 is 5.97 Å². The van der Waals surface area contributed by atoms with Gasteiger partial charge in [0, 0.05) is 16.7 Å². The van der Waals surface area contributed by atoms with E-state index in [9.17, 15) is 9.90 Å². The third-order valence-corrected chi connectivity index (χ3v) is 4.18. The first-order valence-corrected chi connectivity index (χ1v) is 8.28. The van der Waals surface area contributed by atoms with Crippen LogP contribution in [0.2, 0.25) is 0 Å². The summed E-state index contributed by atoms with van der Waals surface area (Å²) in [5.74, 6) is -0.228. The molecule has 5 nitrogen and oxygen atoms in total. The number of aromatic carboxylic acids is 1. The lowest BCUT2D eigenvalue weighted by atomic mass is 10.0. The fourth-order valence-electron chi connectivity index (χ4n) is 2.30. The highest BCUT2D eigenvalue weighted by molar-refractivity contribution is 9.10. The van der Waals surface area contributed by atoms with E-state index in [1.807, 2.05) is 17.9 Å². The van der Waals surface area contributed by atoms with E-state index in [1.54, 1.807) is 6.92 Å². The first-order valence-electron chi connectivity index (χ1n) is 7.49. The average Bonchev–Trinajstić information content (AvgIpc) is 2.48. The van der Waals surface area contributed by atoms with Crippen molar-refractivity contribution in [1.82, 2.24) is 9.97 Å². The standard InChI is InChI=1S/C17H20BrN3O2/c1-5-21(15-7-6-12(10(2)3)9-13(15)18)17-19-11(4)8-14(20-17)16(22)23/h6-10H,5H2,1-4H3,(H,22,23). The summed E-state index contributed by atoms with van der Waals surface area (Å²) in [6, 6.07) is 7.63. The molecular weight excluding hydrogens is 358 g/mol. The summed E-state index contributed by atoms with van der Waals surface area (Å²) in [5, 5.41) is 9.19. The van der Waals surface area contributed by atoms with Gasteiger partial charge in [-0.25, -0.2) is 14.8 Å². The molecule has 0 radical (unpaired) electrons. The predicted molar refractivity (Wildman–Crippen MR) is 94.6 cm³/mol. The number of halogens is 1. The van der Waals surface area contributed by atoms with Crippen LogP contribution in [0.15, 0.2) is 28.7 Å². The number of carboxylic acid groups (broad SMARTS) is 1. The van der Waals surface area contributed by atoms with Crippen LogP contribution in [0.5, 0.6) is 0 Å². The van der Waals surface area contributed by atoms with Crippen LogP contribution in [0.3, 0.4) is 0 Å². The molecule has 23 heavy (non-hydrogen) atoms. The van der Waals surface area contributed by atoms with Crippen LogP contribution in [0.4, 0.5) is 11.6 Å². The van der Waals surface area contributed by atoms with Crippen LogP contribution in [0.1, 0.15) is 48.4 Å². The minimum Gasteiger partial charge on any atom is -0.477 e. The van der Waals surface area contributed by atoms with E-state index in [-0.39, 0.29) is 5.69 Å². The van der Waals surface area contributed by atoms with Crippen molar-refractivity contribution in [2.45, 2.75) is 33.6 Å². The predicted octanol–water partition coefficient (Wildman–Crippen LogP) is 4.53. The zero-order valence-electron chi connectivity index (χ0n) is 13.7. The molecule has 0 saturated carbocycles. The van der Waals surface area contributed by atoms with Gasteiger partial charge in [0.1, 0.15) is 0 Å². The monoisotopic (exact) mass is 377 g/mol. The molecule has 6 heteroatoms. The van der Waals surface area contributed by atoms with Crippen LogP contribution in [-0.4, -0.2) is 27.6 Å². The van der Waals surface area contributed by atoms with Gasteiger partial charge in [0.15, 0.2) is 5.69 Å². The van der Waals surface area contributed by atoms with Crippen molar-refractivity contribution in [1.29, 1.82) is 0 Å². The fourth-order valence-corrected chi connectivity index (χ4v) is 2.91. The number of aryl methyl sites for hydroxylation is 1. The topological polar surface area (TPSA) is 66.3 Å². The van der Waals surface area contributed by atoms with E-state index in [1.165, 1.54) is 11.6 Å². The molecule has 0 aliphatic heterocycles. The third-order valence-electron chi connectivity index (χ3n) is 3.55. The Hall–Kier alpha value is -1.95. The molecule has 1 aromatic heterocycles. The van der Waals surface area contributed by atoms with Gasteiger partial charge in [0.05, 0.1) is 5.69 Å². The van der Waals surface area contributed by atoms with Gasteiger partial charge >= 0.3 is 5.97 Å². The van der Waals surface area contributed by atoms with Crippen LogP contribution in [-0.2, 0) is 0 Å². The van der Waals surface area contributed by atoms with Crippen molar-refractivity contribution in [3.8, 4) is 0 Å². The number of carboxylic acids is 1. The molecule has 1 N–H and O–H groups in total. The summed E-state index contributed by atoms with van der Waals surface area (Å²) in [6.45, 7) is 8.66. The van der Waals surface area contributed by atoms with Gasteiger partial charge in [0.2, 0.25) is 5.95 Å². The van der Waals surface area contributed by atoms with Gasteiger partial charge < -0.3 is 10.0 Å². The maximum absolute atomic E-state index is 11.2. The number of rotatable bonds is 5. The highest BCUT2D eigenvalue weighted by Gasteiger charge is 2.17. The summed E-state index contributed by atoms with van der Waals surface area (Å²) in [6.07, 6.45) is 0. The number of nitrogens with zero attached hydrogens (tertiary/aromatic N) is 3. The number of carbonyl (C=O) groups is 1. The van der Waals surface area contributed by atoms with Crippen LogP contribution in [0, 0.1) is 6.92 Å². The van der Waals surface area contributed by atoms with E-state index in [0.717, 1.165) is 10.2 Å². The van der Waals surface area contributed by atoms with Gasteiger partial charge in [0.25, 0.3) is 0 Å². The van der Waals surface area contributed by atoms with Crippen LogP contribution >= 0.6 is 15.9 Å². The van der Waals surface area contributed by atoms with Crippen LogP contribution in [0.25, 0.3) is 0 Å². The molecule has 0 bridgehead atoms. The first kappa shape index (κ1) is 17.4. The number of aromatic nitrogens is 2. The summed E-state index contributed by atoms with van der Waals surface area (Å²) in [4.78, 5) is 21.7. The molecule has 0 saturated heterocycles. The number of anilines is 2. The first-order chi connectivity index (χ1) is 10.8. The highest BCUT2D eigenvalue weighted by atomic mass is 79.9. The van der Waals surface area contributed by atoms with Gasteiger partial charge in [-0.2, -0.15) is 0 Å². The lowest BCUT2D eigenvalue weighted by Crippen LogP contribution is -2.21. The number of hydrogen-bond acceptors (Lipinski definition) is 4. The van der Waals surface area contributed by atoms with Crippen molar-refractivity contribution in [2.75, 3.05) is 11.4 Å². The summed E-state index contributed by atoms with van der Waals surface area (Å²) in [5.41, 5.74) is 2.77. The minimum absolute atomic E-state index is 0.000808. The zero-order valence-corrected chi connectivity index (χ0v) is 15.3. The maximum Gasteiger partial charge on any atom is 0.354 e. The number of benzene rings is 1. The molecule has 0 fully saturated rings. The third kappa shape index (κ3) is 3.88. The molecule has 0 atom stereocenters. The molecular formula is C17H20BrN3O2. The Kier molecular flexibility index (Phi) is 5.36. The maximum atomic E-state index is 11.2. The Labute approximate surface area is 144 Å². The van der Waals surface area contributed by atoms with Gasteiger partial charge in [-0.3, -0.25) is 0 Å². The Balaban J connectivity index is 2.50. The van der Waals surface area contributed by atoms with E-state index in [2.05, 4.69) is 51.9 Å². The van der Waals surface area contributed by atoms with Crippen molar-refractivity contribution < 1.29 is 9.90 Å². The van der Waals surface area contributed by atoms with Gasteiger partial charge in [-0.1, -0.05) is 19.9 Å².